The lowest BCUT2D eigenvalue weighted by atomic mass is 9.62. The summed E-state index contributed by atoms with van der Waals surface area (Å²) < 4.78 is 0. The van der Waals surface area contributed by atoms with Gasteiger partial charge in [-0.15, -0.1) is 0 Å². The molecular weight excluding hydrogens is 352 g/mol. The van der Waals surface area contributed by atoms with Crippen molar-refractivity contribution in [3.05, 3.63) is 72.1 Å². The van der Waals surface area contributed by atoms with Gasteiger partial charge in [0.1, 0.15) is 0 Å². The van der Waals surface area contributed by atoms with E-state index in [-0.39, 0.29) is 17.7 Å². The fourth-order valence-electron chi connectivity index (χ4n) is 5.24. The molecule has 2 aromatic rings. The van der Waals surface area contributed by atoms with Gasteiger partial charge in [0, 0.05) is 18.1 Å². The molecule has 4 aliphatic carbocycles. The molecule has 6 atom stereocenters. The van der Waals surface area contributed by atoms with Crippen LogP contribution in [0.25, 0.3) is 0 Å². The molecule has 2 saturated carbocycles. The normalized spacial score (nSPS) is 31.9. The van der Waals surface area contributed by atoms with Gasteiger partial charge in [-0.3, -0.25) is 14.6 Å². The van der Waals surface area contributed by atoms with Gasteiger partial charge in [-0.2, -0.15) is 0 Å². The van der Waals surface area contributed by atoms with Gasteiger partial charge in [-0.1, -0.05) is 24.3 Å². The molecule has 1 heterocycles. The van der Waals surface area contributed by atoms with E-state index in [1.54, 1.807) is 12.4 Å². The van der Waals surface area contributed by atoms with Crippen LogP contribution in [-0.4, -0.2) is 22.0 Å². The maximum absolute atomic E-state index is 13.0. The summed E-state index contributed by atoms with van der Waals surface area (Å²) in [6.07, 6.45) is 9.53. The third kappa shape index (κ3) is 2.91. The minimum absolute atomic E-state index is 0.00554. The van der Waals surface area contributed by atoms with Gasteiger partial charge in [0.05, 0.1) is 11.8 Å². The topological polar surface area (TPSA) is 79.3 Å². The lowest BCUT2D eigenvalue weighted by Gasteiger charge is -2.41. The highest BCUT2D eigenvalue weighted by molar-refractivity contribution is 5.96. The molecule has 1 amide bonds. The van der Waals surface area contributed by atoms with Gasteiger partial charge >= 0.3 is 5.97 Å². The molecule has 6 rings (SSSR count). The molecule has 0 unspecified atom stereocenters. The standard InChI is InChI=1S/C23H22N2O3/c26-22(20-16-5-6-17(19-12-18(16)19)21(20)23(27)28)25-15-3-1-13(2-4-15)11-14-7-9-24-10-8-14/h1-10,16-21H,11-12H2,(H,25,26)(H,27,28)/t16-,17+,18+,19+,20-,21-/m0/s1. The van der Waals surface area contributed by atoms with Crippen LogP contribution in [0.2, 0.25) is 0 Å². The van der Waals surface area contributed by atoms with Crippen molar-refractivity contribution in [3.63, 3.8) is 0 Å². The van der Waals surface area contributed by atoms with Crippen molar-refractivity contribution in [2.24, 2.45) is 35.5 Å². The summed E-state index contributed by atoms with van der Waals surface area (Å²) in [6, 6.07) is 11.7. The summed E-state index contributed by atoms with van der Waals surface area (Å²) in [5.41, 5.74) is 3.04. The van der Waals surface area contributed by atoms with Crippen molar-refractivity contribution < 1.29 is 14.7 Å². The zero-order valence-corrected chi connectivity index (χ0v) is 15.4. The highest BCUT2D eigenvalue weighted by Crippen LogP contribution is 2.63. The molecule has 0 spiro atoms. The monoisotopic (exact) mass is 374 g/mol. The first-order valence-corrected chi connectivity index (χ1v) is 9.81. The first kappa shape index (κ1) is 17.2. The number of aliphatic carboxylic acids is 1. The number of benzene rings is 1. The molecule has 142 valence electrons. The quantitative estimate of drug-likeness (QED) is 0.787. The number of anilines is 1. The van der Waals surface area contributed by atoms with Crippen molar-refractivity contribution in [2.45, 2.75) is 12.8 Å². The Morgan fingerprint density at radius 1 is 0.929 bits per heavy atom. The van der Waals surface area contributed by atoms with Crippen LogP contribution >= 0.6 is 0 Å². The minimum Gasteiger partial charge on any atom is -0.481 e. The Balaban J connectivity index is 1.30. The van der Waals surface area contributed by atoms with E-state index >= 15 is 0 Å². The highest BCUT2D eigenvalue weighted by Gasteiger charge is 2.62. The number of allylic oxidation sites excluding steroid dienone is 2. The third-order valence-electron chi connectivity index (χ3n) is 6.62. The number of carboxylic acids is 1. The smallest absolute Gasteiger partial charge is 0.307 e. The second kappa shape index (κ2) is 6.59. The summed E-state index contributed by atoms with van der Waals surface area (Å²) in [4.78, 5) is 28.9. The molecule has 5 nitrogen and oxygen atoms in total. The van der Waals surface area contributed by atoms with Crippen LogP contribution in [0.5, 0.6) is 0 Å². The summed E-state index contributed by atoms with van der Waals surface area (Å²) in [5.74, 6) is -1.08. The molecule has 0 saturated heterocycles. The van der Waals surface area contributed by atoms with Gasteiger partial charge in [0.2, 0.25) is 5.91 Å². The number of amides is 1. The molecule has 4 aliphatic rings. The number of fused-ring (bicyclic) bond motifs is 1. The Bertz CT molecular complexity index is 938. The molecule has 28 heavy (non-hydrogen) atoms. The van der Waals surface area contributed by atoms with Gasteiger partial charge < -0.3 is 10.4 Å². The van der Waals surface area contributed by atoms with Crippen LogP contribution in [0.4, 0.5) is 5.69 Å². The SMILES string of the molecule is O=C(O)[C@H]1[C@@H]2C=C[C@@H]([C@H]3C[C@H]23)[C@@H]1C(=O)Nc1ccc(Cc2ccncc2)cc1. The molecule has 2 bridgehead atoms. The van der Waals surface area contributed by atoms with Crippen molar-refractivity contribution in [1.82, 2.24) is 4.98 Å². The minimum atomic E-state index is -0.849. The van der Waals surface area contributed by atoms with E-state index < -0.39 is 17.8 Å². The zero-order chi connectivity index (χ0) is 19.3. The molecule has 1 aromatic carbocycles. The summed E-state index contributed by atoms with van der Waals surface area (Å²) in [7, 11) is 0. The van der Waals surface area contributed by atoms with Gasteiger partial charge in [-0.05, 0) is 71.9 Å². The number of pyridine rings is 1. The van der Waals surface area contributed by atoms with Crippen LogP contribution < -0.4 is 5.32 Å². The van der Waals surface area contributed by atoms with Gasteiger partial charge in [-0.25, -0.2) is 0 Å². The van der Waals surface area contributed by atoms with E-state index in [1.165, 1.54) is 5.56 Å². The van der Waals surface area contributed by atoms with E-state index in [9.17, 15) is 14.7 Å². The van der Waals surface area contributed by atoms with E-state index in [0.717, 1.165) is 18.4 Å². The zero-order valence-electron chi connectivity index (χ0n) is 15.4. The third-order valence-corrected chi connectivity index (χ3v) is 6.62. The number of nitrogens with one attached hydrogen (secondary N) is 1. The molecule has 2 fully saturated rings. The lowest BCUT2D eigenvalue weighted by Crippen LogP contribution is -2.48. The number of carbonyl (C=O) groups is 2. The lowest BCUT2D eigenvalue weighted by molar-refractivity contribution is -0.152. The van der Waals surface area contributed by atoms with Crippen LogP contribution in [-0.2, 0) is 16.0 Å². The summed E-state index contributed by atoms with van der Waals surface area (Å²) in [5, 5.41) is 12.7. The number of carboxylic acid groups (broad SMARTS) is 1. The van der Waals surface area contributed by atoms with E-state index in [0.29, 0.717) is 17.5 Å². The Kier molecular flexibility index (Phi) is 4.04. The summed E-state index contributed by atoms with van der Waals surface area (Å²) in [6.45, 7) is 0. The fraction of sp³-hybridized carbons (Fsp3) is 0.348. The van der Waals surface area contributed by atoms with Crippen molar-refractivity contribution in [1.29, 1.82) is 0 Å². The number of rotatable bonds is 5. The van der Waals surface area contributed by atoms with Gasteiger partial charge in [0.25, 0.3) is 0 Å². The molecule has 1 aromatic heterocycles. The van der Waals surface area contributed by atoms with E-state index in [4.69, 9.17) is 0 Å². The molecule has 0 radical (unpaired) electrons. The molecular formula is C23H22N2O3. The maximum Gasteiger partial charge on any atom is 0.307 e. The Morgan fingerprint density at radius 3 is 2.18 bits per heavy atom. The predicted octanol–water partition coefficient (Wildman–Crippen LogP) is 3.38. The number of hydrogen-bond donors (Lipinski definition) is 2. The van der Waals surface area contributed by atoms with E-state index in [2.05, 4.69) is 16.4 Å². The van der Waals surface area contributed by atoms with Crippen molar-refractivity contribution >= 4 is 17.6 Å². The van der Waals surface area contributed by atoms with Gasteiger partial charge in [0.15, 0.2) is 0 Å². The van der Waals surface area contributed by atoms with E-state index in [1.807, 2.05) is 42.5 Å². The second-order valence-corrected chi connectivity index (χ2v) is 8.21. The van der Waals surface area contributed by atoms with Crippen LogP contribution in [0.1, 0.15) is 17.5 Å². The van der Waals surface area contributed by atoms with Crippen molar-refractivity contribution in [3.8, 4) is 0 Å². The number of carbonyl (C=O) groups excluding carboxylic acids is 1. The Hall–Kier alpha value is -2.95. The average molecular weight is 374 g/mol. The van der Waals surface area contributed by atoms with Crippen LogP contribution in [0.15, 0.2) is 60.9 Å². The number of aromatic nitrogens is 1. The summed E-state index contributed by atoms with van der Waals surface area (Å²) >= 11 is 0. The first-order chi connectivity index (χ1) is 13.6. The fourth-order valence-corrected chi connectivity index (χ4v) is 5.24. The molecule has 0 aliphatic heterocycles. The Morgan fingerprint density at radius 2 is 1.54 bits per heavy atom. The van der Waals surface area contributed by atoms with Crippen LogP contribution in [0, 0.1) is 35.5 Å². The highest BCUT2D eigenvalue weighted by atomic mass is 16.4. The number of nitrogens with zero attached hydrogens (tertiary/aromatic N) is 1. The second-order valence-electron chi connectivity index (χ2n) is 8.21. The largest absolute Gasteiger partial charge is 0.481 e. The maximum atomic E-state index is 13.0. The van der Waals surface area contributed by atoms with Crippen molar-refractivity contribution in [2.75, 3.05) is 5.32 Å². The first-order valence-electron chi connectivity index (χ1n) is 9.81. The van der Waals surface area contributed by atoms with Crippen LogP contribution in [0.3, 0.4) is 0 Å². The Labute approximate surface area is 163 Å². The molecule has 5 heteroatoms. The number of hydrogen-bond acceptors (Lipinski definition) is 3. The molecule has 2 N–H and O–H groups in total. The average Bonchev–Trinajstić information content (AvgIpc) is 3.52. The predicted molar refractivity (Wildman–Crippen MR) is 104 cm³/mol.